The molecule has 1 saturated heterocycles. The lowest BCUT2D eigenvalue weighted by atomic mass is 10.2. The molecular weight excluding hydrogens is 425 g/mol. The highest BCUT2D eigenvalue weighted by Crippen LogP contribution is 2.20. The minimum atomic E-state index is -4.14. The molecule has 10 heteroatoms. The Morgan fingerprint density at radius 3 is 2.18 bits per heavy atom. The van der Waals surface area contributed by atoms with Crippen molar-refractivity contribution < 1.29 is 17.8 Å². The summed E-state index contributed by atoms with van der Waals surface area (Å²) in [5.74, 6) is 0.228. The third kappa shape index (κ3) is 6.63. The molecule has 1 aromatic carbocycles. The van der Waals surface area contributed by atoms with Crippen molar-refractivity contribution in [2.45, 2.75) is 30.6 Å². The number of primary amides is 1. The Morgan fingerprint density at radius 2 is 1.71 bits per heavy atom. The second-order valence-corrected chi connectivity index (χ2v) is 8.48. The summed E-state index contributed by atoms with van der Waals surface area (Å²) in [6.07, 6.45) is 5.96. The molecule has 1 aliphatic heterocycles. The molecule has 7 nitrogen and oxygen atoms in total. The summed E-state index contributed by atoms with van der Waals surface area (Å²) in [7, 11) is -4.14. The van der Waals surface area contributed by atoms with Gasteiger partial charge in [-0.3, -0.25) is 9.35 Å². The first kappa shape index (κ1) is 22.4. The number of halogens is 2. The molecule has 2 aromatic rings. The van der Waals surface area contributed by atoms with E-state index in [-0.39, 0.29) is 15.5 Å². The molecule has 3 rings (SSSR count). The minimum Gasteiger partial charge on any atom is -0.366 e. The lowest BCUT2D eigenvalue weighted by Crippen LogP contribution is -2.24. The van der Waals surface area contributed by atoms with Crippen molar-refractivity contribution in [3.8, 4) is 0 Å². The summed E-state index contributed by atoms with van der Waals surface area (Å²) in [5.41, 5.74) is 5.29. The smallest absolute Gasteiger partial charge is 0.296 e. The zero-order valence-corrected chi connectivity index (χ0v) is 17.3. The van der Waals surface area contributed by atoms with Crippen LogP contribution in [0, 0.1) is 0 Å². The van der Waals surface area contributed by atoms with Gasteiger partial charge in [-0.1, -0.05) is 36.0 Å². The van der Waals surface area contributed by atoms with Gasteiger partial charge in [-0.25, -0.2) is 4.98 Å². The van der Waals surface area contributed by atoms with Crippen LogP contribution in [0.4, 0.5) is 5.82 Å². The fourth-order valence-electron chi connectivity index (χ4n) is 2.70. The lowest BCUT2D eigenvalue weighted by molar-refractivity contribution is 0.100. The van der Waals surface area contributed by atoms with Crippen LogP contribution in [-0.2, 0) is 10.1 Å². The van der Waals surface area contributed by atoms with E-state index in [9.17, 15) is 13.2 Å². The molecule has 0 radical (unpaired) electrons. The number of pyridine rings is 1. The monoisotopic (exact) mass is 445 g/mol. The Labute approximate surface area is 174 Å². The Balaban J connectivity index is 0.000000221. The molecule has 0 saturated carbocycles. The van der Waals surface area contributed by atoms with Gasteiger partial charge in [0, 0.05) is 18.1 Å². The molecule has 0 bridgehead atoms. The van der Waals surface area contributed by atoms with E-state index >= 15 is 0 Å². The van der Waals surface area contributed by atoms with Crippen LogP contribution in [-0.4, -0.2) is 37.0 Å². The van der Waals surface area contributed by atoms with Crippen LogP contribution in [0.1, 0.15) is 36.0 Å². The average molecular weight is 446 g/mol. The van der Waals surface area contributed by atoms with Gasteiger partial charge in [0.15, 0.2) is 0 Å². The maximum atomic E-state index is 10.9. The summed E-state index contributed by atoms with van der Waals surface area (Å²) in [4.78, 5) is 16.7. The van der Waals surface area contributed by atoms with E-state index in [4.69, 9.17) is 33.5 Å². The molecule has 2 heterocycles. The summed E-state index contributed by atoms with van der Waals surface area (Å²) in [6.45, 7) is 1.91. The lowest BCUT2D eigenvalue weighted by Gasteiger charge is -2.21. The third-order valence-corrected chi connectivity index (χ3v) is 5.53. The number of amides is 1. The van der Waals surface area contributed by atoms with E-state index in [2.05, 4.69) is 9.88 Å². The van der Waals surface area contributed by atoms with Crippen LogP contribution >= 0.6 is 23.2 Å². The Morgan fingerprint density at radius 1 is 1.07 bits per heavy atom. The van der Waals surface area contributed by atoms with Crippen LogP contribution in [0.5, 0.6) is 0 Å². The van der Waals surface area contributed by atoms with Gasteiger partial charge in [-0.15, -0.1) is 0 Å². The van der Waals surface area contributed by atoms with Crippen molar-refractivity contribution in [2.24, 2.45) is 5.73 Å². The number of nitrogens with two attached hydrogens (primary N) is 1. The number of nitrogens with zero attached hydrogens (tertiary/aromatic N) is 2. The average Bonchev–Trinajstić information content (AvgIpc) is 2.91. The number of hydrogen-bond donors (Lipinski definition) is 2. The molecule has 3 N–H and O–H groups in total. The summed E-state index contributed by atoms with van der Waals surface area (Å²) in [5, 5.41) is 0.769. The van der Waals surface area contributed by atoms with Crippen LogP contribution < -0.4 is 10.6 Å². The summed E-state index contributed by atoms with van der Waals surface area (Å²) >= 11 is 11.2. The molecule has 1 aliphatic rings. The molecule has 0 aliphatic carbocycles. The zero-order valence-electron chi connectivity index (χ0n) is 15.0. The summed E-state index contributed by atoms with van der Waals surface area (Å²) in [6, 6.07) is 7.57. The molecule has 1 fully saturated rings. The number of aromatic nitrogens is 1. The van der Waals surface area contributed by atoms with Gasteiger partial charge in [0.1, 0.15) is 10.7 Å². The molecule has 0 atom stereocenters. The highest BCUT2D eigenvalue weighted by atomic mass is 35.5. The van der Waals surface area contributed by atoms with Crippen LogP contribution in [0.25, 0.3) is 0 Å². The maximum absolute atomic E-state index is 10.9. The van der Waals surface area contributed by atoms with E-state index in [1.807, 2.05) is 0 Å². The van der Waals surface area contributed by atoms with Crippen LogP contribution in [0.15, 0.2) is 41.4 Å². The second-order valence-electron chi connectivity index (χ2n) is 6.22. The SMILES string of the molecule is NC(=O)c1ccc(Cl)cc1Cl.O=S(=O)(O)c1ccc(N2CCCCCC2)nc1. The largest absolute Gasteiger partial charge is 0.366 e. The predicted molar refractivity (Wildman–Crippen MR) is 110 cm³/mol. The van der Waals surface area contributed by atoms with Gasteiger partial charge < -0.3 is 10.6 Å². The first-order chi connectivity index (χ1) is 13.2. The van der Waals surface area contributed by atoms with E-state index in [1.165, 1.54) is 37.2 Å². The molecule has 1 amide bonds. The molecule has 0 unspecified atom stereocenters. The second kappa shape index (κ2) is 10.1. The highest BCUT2D eigenvalue weighted by Gasteiger charge is 2.13. The first-order valence-electron chi connectivity index (χ1n) is 8.62. The number of hydrogen-bond acceptors (Lipinski definition) is 5. The van der Waals surface area contributed by atoms with Crippen molar-refractivity contribution in [1.82, 2.24) is 4.98 Å². The third-order valence-electron chi connectivity index (χ3n) is 4.15. The number of benzene rings is 1. The summed E-state index contributed by atoms with van der Waals surface area (Å²) < 4.78 is 30.6. The number of rotatable bonds is 3. The highest BCUT2D eigenvalue weighted by molar-refractivity contribution is 7.85. The number of anilines is 1. The minimum absolute atomic E-state index is 0.156. The molecule has 28 heavy (non-hydrogen) atoms. The van der Waals surface area contributed by atoms with E-state index < -0.39 is 16.0 Å². The normalized spacial score (nSPS) is 14.6. The zero-order chi connectivity index (χ0) is 20.7. The van der Waals surface area contributed by atoms with Crippen LogP contribution in [0.2, 0.25) is 10.0 Å². The fraction of sp³-hybridized carbons (Fsp3) is 0.333. The predicted octanol–water partition coefficient (Wildman–Crippen LogP) is 3.80. The fourth-order valence-corrected chi connectivity index (χ4v) is 3.63. The standard InChI is InChI=1S/C11H16N2O3S.C7H5Cl2NO/c14-17(15,16)10-5-6-11(12-9-10)13-7-3-1-2-4-8-13;8-4-1-2-5(7(10)11)6(9)3-4/h5-6,9H,1-4,7-8H2,(H,14,15,16);1-3H,(H2,10,11). The van der Waals surface area contributed by atoms with Gasteiger partial charge in [-0.2, -0.15) is 8.42 Å². The van der Waals surface area contributed by atoms with Gasteiger partial charge >= 0.3 is 0 Å². The van der Waals surface area contributed by atoms with Crippen molar-refractivity contribution in [2.75, 3.05) is 18.0 Å². The van der Waals surface area contributed by atoms with E-state index in [1.54, 1.807) is 12.1 Å². The van der Waals surface area contributed by atoms with E-state index in [0.717, 1.165) is 31.7 Å². The van der Waals surface area contributed by atoms with Crippen molar-refractivity contribution >= 4 is 45.0 Å². The topological polar surface area (TPSA) is 114 Å². The number of carbonyl (C=O) groups excluding carboxylic acids is 1. The van der Waals surface area contributed by atoms with Crippen molar-refractivity contribution in [3.63, 3.8) is 0 Å². The quantitative estimate of drug-likeness (QED) is 0.694. The molecular formula is C18H21Cl2N3O4S. The number of carbonyl (C=O) groups is 1. The van der Waals surface area contributed by atoms with Crippen molar-refractivity contribution in [3.05, 3.63) is 52.1 Å². The Kier molecular flexibility index (Phi) is 8.06. The van der Waals surface area contributed by atoms with Gasteiger partial charge in [0.25, 0.3) is 10.1 Å². The van der Waals surface area contributed by atoms with E-state index in [0.29, 0.717) is 5.02 Å². The Bertz CT molecular complexity index is 913. The van der Waals surface area contributed by atoms with Gasteiger partial charge in [0.2, 0.25) is 5.91 Å². The molecule has 152 valence electrons. The van der Waals surface area contributed by atoms with Crippen molar-refractivity contribution in [1.29, 1.82) is 0 Å². The Hall–Kier alpha value is -1.87. The van der Waals surface area contributed by atoms with Gasteiger partial charge in [-0.05, 0) is 43.2 Å². The first-order valence-corrected chi connectivity index (χ1v) is 10.8. The van der Waals surface area contributed by atoms with Gasteiger partial charge in [0.05, 0.1) is 16.8 Å². The maximum Gasteiger partial charge on any atom is 0.296 e. The molecule has 0 spiro atoms. The van der Waals surface area contributed by atoms with Crippen LogP contribution in [0.3, 0.4) is 0 Å². The molecule has 1 aromatic heterocycles.